The van der Waals surface area contributed by atoms with Crippen LogP contribution in [0.3, 0.4) is 0 Å². The summed E-state index contributed by atoms with van der Waals surface area (Å²) in [5.41, 5.74) is 0. The van der Waals surface area contributed by atoms with E-state index < -0.39 is 25.0 Å². The highest BCUT2D eigenvalue weighted by Crippen LogP contribution is 2.19. The van der Waals surface area contributed by atoms with Gasteiger partial charge in [0.05, 0.1) is 6.42 Å². The lowest BCUT2D eigenvalue weighted by Gasteiger charge is -2.26. The lowest BCUT2D eigenvalue weighted by Crippen LogP contribution is -2.44. The third kappa shape index (κ3) is 3.04. The summed E-state index contributed by atoms with van der Waals surface area (Å²) in [6, 6.07) is 0. The molecule has 0 aliphatic carbocycles. The van der Waals surface area contributed by atoms with Crippen molar-refractivity contribution in [2.24, 2.45) is 0 Å². The zero-order valence-corrected chi connectivity index (χ0v) is 6.73. The number of rotatable bonds is 1. The van der Waals surface area contributed by atoms with Crippen molar-refractivity contribution < 1.29 is 22.8 Å². The molecule has 1 saturated heterocycles. The average Bonchev–Trinajstić information content (AvgIpc) is 1.93. The number of likely N-dealkylation sites (tertiary alicyclic amines) is 1. The first kappa shape index (κ1) is 10.0. The van der Waals surface area contributed by atoms with E-state index in [2.05, 4.69) is 0 Å². The maximum absolute atomic E-state index is 11.8. The Morgan fingerprint density at radius 2 is 1.92 bits per heavy atom. The van der Waals surface area contributed by atoms with Gasteiger partial charge in [-0.2, -0.15) is 13.2 Å². The van der Waals surface area contributed by atoms with E-state index >= 15 is 0 Å². The van der Waals surface area contributed by atoms with Gasteiger partial charge in [-0.25, -0.2) is 0 Å². The van der Waals surface area contributed by atoms with Crippen molar-refractivity contribution in [3.63, 3.8) is 0 Å². The molecule has 1 aliphatic rings. The highest BCUT2D eigenvalue weighted by atomic mass is 19.4. The molecular weight excluding hydrogens is 187 g/mol. The van der Waals surface area contributed by atoms with Gasteiger partial charge in [-0.05, 0) is 0 Å². The number of amides is 1. The van der Waals surface area contributed by atoms with E-state index in [9.17, 15) is 22.8 Å². The number of nitrogens with zero attached hydrogens (tertiary/aromatic N) is 1. The van der Waals surface area contributed by atoms with Crippen LogP contribution in [0.4, 0.5) is 13.2 Å². The van der Waals surface area contributed by atoms with E-state index in [1.54, 1.807) is 0 Å². The fourth-order valence-electron chi connectivity index (χ4n) is 1.14. The summed E-state index contributed by atoms with van der Waals surface area (Å²) in [6.45, 7) is -1.36. The summed E-state index contributed by atoms with van der Waals surface area (Å²) in [7, 11) is 0. The highest BCUT2D eigenvalue weighted by Gasteiger charge is 2.35. The van der Waals surface area contributed by atoms with Crippen molar-refractivity contribution in [2.45, 2.75) is 19.0 Å². The normalized spacial score (nSPS) is 19.5. The van der Waals surface area contributed by atoms with Crippen LogP contribution in [-0.4, -0.2) is 35.9 Å². The molecule has 1 amide bonds. The van der Waals surface area contributed by atoms with Crippen LogP contribution < -0.4 is 0 Å². The van der Waals surface area contributed by atoms with Crippen LogP contribution in [0.1, 0.15) is 12.8 Å². The fraction of sp³-hybridized carbons (Fsp3) is 0.714. The minimum atomic E-state index is -4.38. The second-order valence-electron chi connectivity index (χ2n) is 2.90. The summed E-state index contributed by atoms with van der Waals surface area (Å²) in [4.78, 5) is 22.2. The number of carbonyl (C=O) groups excluding carboxylic acids is 2. The predicted octanol–water partition coefficient (Wildman–Crippen LogP) is 0.740. The largest absolute Gasteiger partial charge is 0.406 e. The van der Waals surface area contributed by atoms with Gasteiger partial charge in [0, 0.05) is 13.0 Å². The van der Waals surface area contributed by atoms with Crippen LogP contribution in [0.15, 0.2) is 0 Å². The Morgan fingerprint density at radius 1 is 1.31 bits per heavy atom. The van der Waals surface area contributed by atoms with Crippen molar-refractivity contribution in [2.75, 3.05) is 13.1 Å². The molecule has 13 heavy (non-hydrogen) atoms. The molecule has 0 aromatic heterocycles. The van der Waals surface area contributed by atoms with Crippen LogP contribution in [0.5, 0.6) is 0 Å². The third-order valence-electron chi connectivity index (χ3n) is 1.73. The van der Waals surface area contributed by atoms with Crippen LogP contribution in [0.25, 0.3) is 0 Å². The summed E-state index contributed by atoms with van der Waals surface area (Å²) < 4.78 is 35.5. The number of hydrogen-bond acceptors (Lipinski definition) is 2. The fourth-order valence-corrected chi connectivity index (χ4v) is 1.14. The van der Waals surface area contributed by atoms with E-state index in [4.69, 9.17) is 0 Å². The molecule has 0 aromatic rings. The number of halogens is 3. The lowest BCUT2D eigenvalue weighted by molar-refractivity contribution is -0.165. The standard InChI is InChI=1S/C7H8F3NO2/c8-7(9,10)4-11-2-1-5(12)3-6(11)13/h1-4H2. The number of Topliss-reactive ketones (excluding diaryl/α,β-unsaturated/α-hetero) is 1. The third-order valence-corrected chi connectivity index (χ3v) is 1.73. The molecule has 0 saturated carbocycles. The molecule has 0 bridgehead atoms. The zero-order chi connectivity index (χ0) is 10.1. The Bertz CT molecular complexity index is 236. The molecule has 74 valence electrons. The van der Waals surface area contributed by atoms with E-state index in [0.717, 1.165) is 0 Å². The van der Waals surface area contributed by atoms with Gasteiger partial charge in [-0.3, -0.25) is 9.59 Å². The average molecular weight is 195 g/mol. The van der Waals surface area contributed by atoms with Gasteiger partial charge in [0.1, 0.15) is 12.3 Å². The van der Waals surface area contributed by atoms with Crippen molar-refractivity contribution in [3.05, 3.63) is 0 Å². The van der Waals surface area contributed by atoms with Gasteiger partial charge in [0.2, 0.25) is 5.91 Å². The van der Waals surface area contributed by atoms with Gasteiger partial charge in [0.25, 0.3) is 0 Å². The Morgan fingerprint density at radius 3 is 2.38 bits per heavy atom. The molecule has 1 aliphatic heterocycles. The van der Waals surface area contributed by atoms with Crippen molar-refractivity contribution in [3.8, 4) is 0 Å². The van der Waals surface area contributed by atoms with Crippen LogP contribution in [0, 0.1) is 0 Å². The van der Waals surface area contributed by atoms with Gasteiger partial charge >= 0.3 is 6.18 Å². The van der Waals surface area contributed by atoms with Crippen molar-refractivity contribution >= 4 is 11.7 Å². The molecule has 1 heterocycles. The Hall–Kier alpha value is -1.07. The number of alkyl halides is 3. The zero-order valence-electron chi connectivity index (χ0n) is 6.73. The van der Waals surface area contributed by atoms with Crippen LogP contribution in [-0.2, 0) is 9.59 Å². The summed E-state index contributed by atoms with van der Waals surface area (Å²) in [5, 5.41) is 0. The quantitative estimate of drug-likeness (QED) is 0.579. The molecule has 0 spiro atoms. The second kappa shape index (κ2) is 3.35. The molecule has 0 N–H and O–H groups in total. The monoisotopic (exact) mass is 195 g/mol. The number of hydrogen-bond donors (Lipinski definition) is 0. The Balaban J connectivity index is 2.52. The Kier molecular flexibility index (Phi) is 2.58. The number of carbonyl (C=O) groups is 2. The first-order chi connectivity index (χ1) is 5.88. The van der Waals surface area contributed by atoms with Gasteiger partial charge in [-0.1, -0.05) is 0 Å². The molecule has 0 unspecified atom stereocenters. The van der Waals surface area contributed by atoms with E-state index in [-0.39, 0.29) is 18.7 Å². The maximum Gasteiger partial charge on any atom is 0.406 e. The predicted molar refractivity (Wildman–Crippen MR) is 36.9 cm³/mol. The first-order valence-corrected chi connectivity index (χ1v) is 3.75. The highest BCUT2D eigenvalue weighted by molar-refractivity contribution is 6.00. The van der Waals surface area contributed by atoms with Crippen LogP contribution >= 0.6 is 0 Å². The molecule has 3 nitrogen and oxygen atoms in total. The lowest BCUT2D eigenvalue weighted by atomic mass is 10.1. The van der Waals surface area contributed by atoms with Gasteiger partial charge in [0.15, 0.2) is 0 Å². The minimum absolute atomic E-state index is 0.0296. The van der Waals surface area contributed by atoms with Gasteiger partial charge in [-0.15, -0.1) is 0 Å². The molecule has 0 radical (unpaired) electrons. The van der Waals surface area contributed by atoms with Gasteiger partial charge < -0.3 is 4.90 Å². The molecule has 6 heteroatoms. The van der Waals surface area contributed by atoms with Crippen molar-refractivity contribution in [1.82, 2.24) is 4.90 Å². The smallest absolute Gasteiger partial charge is 0.333 e. The first-order valence-electron chi connectivity index (χ1n) is 3.75. The maximum atomic E-state index is 11.8. The van der Waals surface area contributed by atoms with Crippen LogP contribution in [0.2, 0.25) is 0 Å². The summed E-state index contributed by atoms with van der Waals surface area (Å²) >= 11 is 0. The number of piperidine rings is 1. The Labute approximate surface area is 72.5 Å². The topological polar surface area (TPSA) is 37.4 Å². The molecule has 0 aromatic carbocycles. The second-order valence-corrected chi connectivity index (χ2v) is 2.90. The van der Waals surface area contributed by atoms with E-state index in [1.807, 2.05) is 0 Å². The molecule has 0 atom stereocenters. The molecule has 1 rings (SSSR count). The summed E-state index contributed by atoms with van der Waals surface area (Å²) in [6.07, 6.45) is -4.74. The SMILES string of the molecule is O=C1CCN(CC(F)(F)F)C(=O)C1. The number of ketones is 1. The van der Waals surface area contributed by atoms with Crippen molar-refractivity contribution in [1.29, 1.82) is 0 Å². The minimum Gasteiger partial charge on any atom is -0.333 e. The van der Waals surface area contributed by atoms with E-state index in [1.165, 1.54) is 0 Å². The summed E-state index contributed by atoms with van der Waals surface area (Å²) in [5.74, 6) is -1.02. The molecular formula is C7H8F3NO2. The van der Waals surface area contributed by atoms with E-state index in [0.29, 0.717) is 4.90 Å². The molecule has 1 fully saturated rings.